The highest BCUT2D eigenvalue weighted by atomic mass is 16.6. The van der Waals surface area contributed by atoms with E-state index in [4.69, 9.17) is 4.74 Å². The summed E-state index contributed by atoms with van der Waals surface area (Å²) >= 11 is 0. The highest BCUT2D eigenvalue weighted by molar-refractivity contribution is 5.75. The lowest BCUT2D eigenvalue weighted by atomic mass is 9.73. The van der Waals surface area contributed by atoms with Gasteiger partial charge in [0.25, 0.3) is 0 Å². The lowest BCUT2D eigenvalue weighted by Crippen LogP contribution is -2.15. The van der Waals surface area contributed by atoms with Crippen LogP contribution in [0.25, 0.3) is 5.57 Å². The predicted octanol–water partition coefficient (Wildman–Crippen LogP) is 3.27. The summed E-state index contributed by atoms with van der Waals surface area (Å²) in [7, 11) is 0. The van der Waals surface area contributed by atoms with Crippen LogP contribution in [0.2, 0.25) is 0 Å². The molecule has 1 aliphatic heterocycles. The van der Waals surface area contributed by atoms with Crippen molar-refractivity contribution in [1.82, 2.24) is 0 Å². The van der Waals surface area contributed by atoms with Crippen molar-refractivity contribution in [1.29, 1.82) is 0 Å². The van der Waals surface area contributed by atoms with E-state index in [2.05, 4.69) is 37.3 Å². The Bertz CT molecular complexity index is 387. The maximum atomic E-state index is 5.30. The molecule has 78 valence electrons. The smallest absolute Gasteiger partial charge is 0.0847 e. The first-order valence-corrected chi connectivity index (χ1v) is 5.73. The zero-order valence-corrected chi connectivity index (χ0v) is 9.07. The molecule has 15 heavy (non-hydrogen) atoms. The molecule has 2 unspecified atom stereocenters. The molecule has 0 N–H and O–H groups in total. The molecule has 3 rings (SSSR count). The fraction of sp³-hybridized carbons (Fsp3) is 0.429. The summed E-state index contributed by atoms with van der Waals surface area (Å²) in [6, 6.07) is 10.8. The van der Waals surface area contributed by atoms with Crippen molar-refractivity contribution in [2.45, 2.75) is 25.9 Å². The average molecular weight is 200 g/mol. The van der Waals surface area contributed by atoms with Gasteiger partial charge in [-0.2, -0.15) is 0 Å². The average Bonchev–Trinajstić information content (AvgIpc) is 3.02. The van der Waals surface area contributed by atoms with E-state index in [1.165, 1.54) is 12.0 Å². The molecule has 1 aromatic carbocycles. The van der Waals surface area contributed by atoms with Crippen LogP contribution in [0.5, 0.6) is 0 Å². The second kappa shape index (κ2) is 3.49. The summed E-state index contributed by atoms with van der Waals surface area (Å²) < 4.78 is 5.30. The molecule has 2 aliphatic rings. The highest BCUT2D eigenvalue weighted by Crippen LogP contribution is 2.44. The Morgan fingerprint density at radius 2 is 2.00 bits per heavy atom. The Kier molecular flexibility index (Phi) is 2.14. The first-order chi connectivity index (χ1) is 7.34. The van der Waals surface area contributed by atoms with Crippen LogP contribution in [-0.2, 0) is 4.74 Å². The fourth-order valence-corrected chi connectivity index (χ4v) is 2.56. The molecule has 1 saturated heterocycles. The van der Waals surface area contributed by atoms with Crippen LogP contribution >= 0.6 is 0 Å². The van der Waals surface area contributed by atoms with Gasteiger partial charge in [0.15, 0.2) is 0 Å². The zero-order chi connectivity index (χ0) is 10.3. The molecule has 0 aromatic heterocycles. The van der Waals surface area contributed by atoms with E-state index in [-0.39, 0.29) is 0 Å². The van der Waals surface area contributed by atoms with E-state index in [1.54, 1.807) is 11.1 Å². The minimum Gasteiger partial charge on any atom is -0.373 e. The summed E-state index contributed by atoms with van der Waals surface area (Å²) in [6.07, 6.45) is 2.96. The molecule has 0 radical (unpaired) electrons. The zero-order valence-electron chi connectivity index (χ0n) is 9.07. The molecule has 1 fully saturated rings. The van der Waals surface area contributed by atoms with Crippen LogP contribution in [0.15, 0.2) is 35.9 Å². The molecule has 1 heteroatoms. The highest BCUT2D eigenvalue weighted by Gasteiger charge is 2.32. The molecule has 1 aromatic rings. The number of hydrogen-bond acceptors (Lipinski definition) is 1. The van der Waals surface area contributed by atoms with Crippen molar-refractivity contribution in [3.05, 3.63) is 41.5 Å². The van der Waals surface area contributed by atoms with E-state index in [1.807, 2.05) is 0 Å². The van der Waals surface area contributed by atoms with Crippen LogP contribution in [0, 0.1) is 5.92 Å². The monoisotopic (exact) mass is 200 g/mol. The first-order valence-electron chi connectivity index (χ1n) is 5.73. The second-order valence-electron chi connectivity index (χ2n) is 4.65. The lowest BCUT2D eigenvalue weighted by molar-refractivity contribution is 0.401. The fourth-order valence-electron chi connectivity index (χ4n) is 2.56. The molecule has 1 heterocycles. The Morgan fingerprint density at radius 3 is 2.60 bits per heavy atom. The maximum Gasteiger partial charge on any atom is 0.0847 e. The van der Waals surface area contributed by atoms with Gasteiger partial charge in [-0.1, -0.05) is 42.8 Å². The van der Waals surface area contributed by atoms with E-state index < -0.39 is 0 Å². The van der Waals surface area contributed by atoms with Crippen molar-refractivity contribution in [2.75, 3.05) is 6.61 Å². The summed E-state index contributed by atoms with van der Waals surface area (Å²) in [5.41, 5.74) is 4.61. The Balaban J connectivity index is 1.88. The van der Waals surface area contributed by atoms with Gasteiger partial charge in [0, 0.05) is 0 Å². The largest absolute Gasteiger partial charge is 0.373 e. The van der Waals surface area contributed by atoms with E-state index in [9.17, 15) is 0 Å². The molecular weight excluding hydrogens is 184 g/mol. The first kappa shape index (κ1) is 9.17. The topological polar surface area (TPSA) is 12.5 Å². The maximum absolute atomic E-state index is 5.30. The molecule has 1 nitrogen and oxygen atoms in total. The van der Waals surface area contributed by atoms with E-state index >= 15 is 0 Å². The van der Waals surface area contributed by atoms with Crippen LogP contribution in [0.3, 0.4) is 0 Å². The molecule has 1 aliphatic carbocycles. The van der Waals surface area contributed by atoms with Gasteiger partial charge in [0.2, 0.25) is 0 Å². The van der Waals surface area contributed by atoms with Crippen molar-refractivity contribution in [3.63, 3.8) is 0 Å². The Hall–Kier alpha value is -1.08. The van der Waals surface area contributed by atoms with Crippen LogP contribution < -0.4 is 0 Å². The van der Waals surface area contributed by atoms with E-state index in [0.29, 0.717) is 6.10 Å². The standard InChI is InChI=1S/C14H16O/c1-10-7-12(8-13-9-15-13)14(10)11-5-3-2-4-6-11/h2-6,10,13H,7-9H2,1H3. The minimum absolute atomic E-state index is 0.534. The van der Waals surface area contributed by atoms with E-state index in [0.717, 1.165) is 18.9 Å². The number of hydrogen-bond donors (Lipinski definition) is 0. The third kappa shape index (κ3) is 1.72. The predicted molar refractivity (Wildman–Crippen MR) is 61.5 cm³/mol. The van der Waals surface area contributed by atoms with Gasteiger partial charge >= 0.3 is 0 Å². The number of ether oxygens (including phenoxy) is 1. The summed E-state index contributed by atoms with van der Waals surface area (Å²) in [4.78, 5) is 0. The van der Waals surface area contributed by atoms with Crippen LogP contribution in [-0.4, -0.2) is 12.7 Å². The quantitative estimate of drug-likeness (QED) is 0.682. The molecule has 0 amide bonds. The van der Waals surface area contributed by atoms with Gasteiger partial charge in [-0.25, -0.2) is 0 Å². The molecule has 2 atom stereocenters. The number of benzene rings is 1. The summed E-state index contributed by atoms with van der Waals surface area (Å²) in [6.45, 7) is 3.29. The van der Waals surface area contributed by atoms with Gasteiger partial charge in [-0.05, 0) is 29.9 Å². The summed E-state index contributed by atoms with van der Waals surface area (Å²) in [5.74, 6) is 0.737. The number of epoxide rings is 1. The SMILES string of the molecule is CC1CC(CC2CO2)=C1c1ccccc1. The van der Waals surface area contributed by atoms with Gasteiger partial charge in [-0.15, -0.1) is 0 Å². The summed E-state index contributed by atoms with van der Waals surface area (Å²) in [5, 5.41) is 0. The lowest BCUT2D eigenvalue weighted by Gasteiger charge is -2.31. The van der Waals surface area contributed by atoms with Crippen LogP contribution in [0.1, 0.15) is 25.3 Å². The molecule has 0 saturated carbocycles. The second-order valence-corrected chi connectivity index (χ2v) is 4.65. The Labute approximate surface area is 90.8 Å². The van der Waals surface area contributed by atoms with Gasteiger partial charge < -0.3 is 4.74 Å². The third-order valence-corrected chi connectivity index (χ3v) is 3.39. The molecule has 0 bridgehead atoms. The van der Waals surface area contributed by atoms with Crippen molar-refractivity contribution in [2.24, 2.45) is 5.92 Å². The molecule has 0 spiro atoms. The van der Waals surface area contributed by atoms with Crippen molar-refractivity contribution < 1.29 is 4.74 Å². The van der Waals surface area contributed by atoms with Gasteiger partial charge in [-0.3, -0.25) is 0 Å². The number of rotatable bonds is 3. The van der Waals surface area contributed by atoms with Gasteiger partial charge in [0.05, 0.1) is 12.7 Å². The number of allylic oxidation sites excluding steroid dienone is 1. The molecular formula is C14H16O. The Morgan fingerprint density at radius 1 is 1.27 bits per heavy atom. The van der Waals surface area contributed by atoms with Gasteiger partial charge in [0.1, 0.15) is 0 Å². The third-order valence-electron chi connectivity index (χ3n) is 3.39. The minimum atomic E-state index is 0.534. The van der Waals surface area contributed by atoms with Crippen molar-refractivity contribution in [3.8, 4) is 0 Å². The normalized spacial score (nSPS) is 28.9. The van der Waals surface area contributed by atoms with Crippen molar-refractivity contribution >= 4 is 5.57 Å². The van der Waals surface area contributed by atoms with Crippen LogP contribution in [0.4, 0.5) is 0 Å².